The summed E-state index contributed by atoms with van der Waals surface area (Å²) in [4.78, 5) is 42.0. The summed E-state index contributed by atoms with van der Waals surface area (Å²) >= 11 is 0. The Kier molecular flexibility index (Phi) is 5.70. The number of rotatable bonds is 6. The van der Waals surface area contributed by atoms with Crippen molar-refractivity contribution >= 4 is 34.4 Å². The quantitative estimate of drug-likeness (QED) is 0.596. The molecular weight excluding hydrogens is 401 g/mol. The lowest BCUT2D eigenvalue weighted by Gasteiger charge is -2.20. The zero-order valence-corrected chi connectivity index (χ0v) is 16.9. The van der Waals surface area contributed by atoms with E-state index in [9.17, 15) is 18.8 Å². The molecule has 2 amide bonds. The molecule has 0 bridgehead atoms. The van der Waals surface area contributed by atoms with Crippen LogP contribution >= 0.6 is 0 Å². The van der Waals surface area contributed by atoms with Gasteiger partial charge in [0.25, 0.3) is 0 Å². The van der Waals surface area contributed by atoms with E-state index in [-0.39, 0.29) is 31.0 Å². The van der Waals surface area contributed by atoms with Crippen LogP contribution in [0.15, 0.2) is 54.7 Å². The summed E-state index contributed by atoms with van der Waals surface area (Å²) in [6, 6.07) is 12.7. The highest BCUT2D eigenvalue weighted by Gasteiger charge is 2.37. The number of nitrogens with one attached hydrogen (secondary N) is 2. The van der Waals surface area contributed by atoms with Crippen LogP contribution < -0.4 is 10.2 Å². The number of aromatic nitrogens is 1. The van der Waals surface area contributed by atoms with Crippen LogP contribution in [0.25, 0.3) is 10.9 Å². The number of carbonyl (C=O) groups is 3. The third-order valence-electron chi connectivity index (χ3n) is 5.54. The van der Waals surface area contributed by atoms with E-state index in [0.717, 1.165) is 16.5 Å². The number of fused-ring (bicyclic) bond motifs is 1. The Morgan fingerprint density at radius 2 is 1.97 bits per heavy atom. The summed E-state index contributed by atoms with van der Waals surface area (Å²) in [7, 11) is 1.26. The summed E-state index contributed by atoms with van der Waals surface area (Å²) in [5, 5.41) is 3.67. The number of halogens is 1. The number of amides is 2. The number of nitrogens with zero attached hydrogens (tertiary/aromatic N) is 1. The van der Waals surface area contributed by atoms with Crippen molar-refractivity contribution < 1.29 is 23.5 Å². The van der Waals surface area contributed by atoms with E-state index in [1.807, 2.05) is 24.3 Å². The van der Waals surface area contributed by atoms with Crippen LogP contribution in [-0.4, -0.2) is 42.5 Å². The fourth-order valence-electron chi connectivity index (χ4n) is 3.93. The zero-order chi connectivity index (χ0) is 22.0. The van der Waals surface area contributed by atoms with Crippen molar-refractivity contribution in [3.63, 3.8) is 0 Å². The number of aromatic amines is 1. The van der Waals surface area contributed by atoms with Gasteiger partial charge in [0, 0.05) is 36.5 Å². The number of H-pyrrole nitrogens is 1. The van der Waals surface area contributed by atoms with Crippen LogP contribution in [0.4, 0.5) is 10.1 Å². The Bertz CT molecular complexity index is 1140. The predicted octanol–water partition coefficient (Wildman–Crippen LogP) is 2.56. The molecule has 2 atom stereocenters. The van der Waals surface area contributed by atoms with Crippen LogP contribution in [0.1, 0.15) is 12.0 Å². The van der Waals surface area contributed by atoms with Gasteiger partial charge in [0.2, 0.25) is 11.8 Å². The number of hydrogen-bond acceptors (Lipinski definition) is 4. The minimum atomic E-state index is -0.908. The number of anilines is 1. The number of carbonyl (C=O) groups excluding carboxylic acids is 3. The highest BCUT2D eigenvalue weighted by Crippen LogP contribution is 2.27. The monoisotopic (exact) mass is 423 g/mol. The Morgan fingerprint density at radius 3 is 2.74 bits per heavy atom. The number of esters is 1. The first-order valence-electron chi connectivity index (χ1n) is 9.96. The van der Waals surface area contributed by atoms with Crippen molar-refractivity contribution in [1.82, 2.24) is 10.3 Å². The largest absolute Gasteiger partial charge is 0.467 e. The molecule has 160 valence electrons. The van der Waals surface area contributed by atoms with Crippen molar-refractivity contribution in [2.24, 2.45) is 5.92 Å². The Morgan fingerprint density at radius 1 is 1.23 bits per heavy atom. The minimum absolute atomic E-state index is 0.0482. The molecule has 1 fully saturated rings. The molecule has 0 spiro atoms. The van der Waals surface area contributed by atoms with Gasteiger partial charge in [0.15, 0.2) is 0 Å². The van der Waals surface area contributed by atoms with E-state index >= 15 is 0 Å². The van der Waals surface area contributed by atoms with E-state index in [0.29, 0.717) is 0 Å². The Balaban J connectivity index is 1.49. The molecular formula is C23H22FN3O4. The van der Waals surface area contributed by atoms with Gasteiger partial charge in [-0.15, -0.1) is 0 Å². The normalized spacial score (nSPS) is 17.0. The highest BCUT2D eigenvalue weighted by atomic mass is 19.1. The molecule has 7 nitrogen and oxygen atoms in total. The SMILES string of the molecule is COC(=O)[C@H](Cc1c[nH]c2ccccc12)NC(=O)[C@@H]1CC(=O)N(c2ccccc2F)C1. The molecule has 2 N–H and O–H groups in total. The molecule has 0 radical (unpaired) electrons. The summed E-state index contributed by atoms with van der Waals surface area (Å²) in [5.74, 6) is -2.57. The van der Waals surface area contributed by atoms with Gasteiger partial charge in [0.05, 0.1) is 18.7 Å². The summed E-state index contributed by atoms with van der Waals surface area (Å²) in [5.41, 5.74) is 1.93. The van der Waals surface area contributed by atoms with E-state index in [1.54, 1.807) is 12.3 Å². The van der Waals surface area contributed by atoms with Crippen LogP contribution in [0.3, 0.4) is 0 Å². The van der Waals surface area contributed by atoms with Gasteiger partial charge in [-0.25, -0.2) is 9.18 Å². The summed E-state index contributed by atoms with van der Waals surface area (Å²) in [6.45, 7) is 0.0482. The maximum atomic E-state index is 14.1. The van der Waals surface area contributed by atoms with Crippen molar-refractivity contribution in [3.05, 3.63) is 66.1 Å². The first kappa shape index (κ1) is 20.6. The lowest BCUT2D eigenvalue weighted by Crippen LogP contribution is -2.46. The minimum Gasteiger partial charge on any atom is -0.467 e. The van der Waals surface area contributed by atoms with E-state index in [1.165, 1.54) is 30.2 Å². The lowest BCUT2D eigenvalue weighted by molar-refractivity contribution is -0.145. The van der Waals surface area contributed by atoms with Gasteiger partial charge in [-0.2, -0.15) is 0 Å². The van der Waals surface area contributed by atoms with Crippen molar-refractivity contribution in [3.8, 4) is 0 Å². The molecule has 0 saturated carbocycles. The number of para-hydroxylation sites is 2. The Hall–Kier alpha value is -3.68. The van der Waals surface area contributed by atoms with Crippen LogP contribution in [0.5, 0.6) is 0 Å². The predicted molar refractivity (Wildman–Crippen MR) is 113 cm³/mol. The molecule has 4 rings (SSSR count). The van der Waals surface area contributed by atoms with Gasteiger partial charge in [-0.1, -0.05) is 30.3 Å². The standard InChI is InChI=1S/C23H22FN3O4/c1-31-23(30)19(10-14-12-25-18-8-4-2-6-16(14)18)26-22(29)15-11-21(28)27(13-15)20-9-5-3-7-17(20)24/h2-9,12,15,19,25H,10-11,13H2,1H3,(H,26,29)/t15-,19+/m1/s1. The molecule has 3 aromatic rings. The smallest absolute Gasteiger partial charge is 0.328 e. The fourth-order valence-corrected chi connectivity index (χ4v) is 3.93. The molecule has 1 saturated heterocycles. The van der Waals surface area contributed by atoms with Gasteiger partial charge in [-0.05, 0) is 23.8 Å². The van der Waals surface area contributed by atoms with Crippen molar-refractivity contribution in [2.75, 3.05) is 18.6 Å². The third-order valence-corrected chi connectivity index (χ3v) is 5.54. The van der Waals surface area contributed by atoms with E-state index in [4.69, 9.17) is 4.74 Å². The molecule has 31 heavy (non-hydrogen) atoms. The zero-order valence-electron chi connectivity index (χ0n) is 16.9. The highest BCUT2D eigenvalue weighted by molar-refractivity contribution is 6.01. The maximum Gasteiger partial charge on any atom is 0.328 e. The average Bonchev–Trinajstić information content (AvgIpc) is 3.37. The van der Waals surface area contributed by atoms with E-state index in [2.05, 4.69) is 10.3 Å². The lowest BCUT2D eigenvalue weighted by atomic mass is 10.0. The van der Waals surface area contributed by atoms with Gasteiger partial charge < -0.3 is 19.9 Å². The fraction of sp³-hybridized carbons (Fsp3) is 0.261. The molecule has 2 aromatic carbocycles. The second kappa shape index (κ2) is 8.59. The second-order valence-electron chi connectivity index (χ2n) is 7.50. The Labute approximate surface area is 178 Å². The molecule has 1 aliphatic rings. The number of benzene rings is 2. The average molecular weight is 423 g/mol. The molecule has 0 aliphatic carbocycles. The summed E-state index contributed by atoms with van der Waals surface area (Å²) < 4.78 is 19.0. The molecule has 1 aliphatic heterocycles. The number of hydrogen-bond donors (Lipinski definition) is 2. The molecule has 2 heterocycles. The van der Waals surface area contributed by atoms with Gasteiger partial charge in [0.1, 0.15) is 11.9 Å². The first-order chi connectivity index (χ1) is 15.0. The summed E-state index contributed by atoms with van der Waals surface area (Å²) in [6.07, 6.45) is 1.98. The van der Waals surface area contributed by atoms with Gasteiger partial charge >= 0.3 is 5.97 Å². The van der Waals surface area contributed by atoms with Crippen LogP contribution in [-0.2, 0) is 25.5 Å². The molecule has 0 unspecified atom stereocenters. The number of ether oxygens (including phenoxy) is 1. The third kappa shape index (κ3) is 4.14. The maximum absolute atomic E-state index is 14.1. The topological polar surface area (TPSA) is 91.5 Å². The van der Waals surface area contributed by atoms with Gasteiger partial charge in [-0.3, -0.25) is 9.59 Å². The van der Waals surface area contributed by atoms with Crippen molar-refractivity contribution in [1.29, 1.82) is 0 Å². The molecule has 8 heteroatoms. The first-order valence-corrected chi connectivity index (χ1v) is 9.96. The van der Waals surface area contributed by atoms with E-state index < -0.39 is 29.7 Å². The molecule has 1 aromatic heterocycles. The number of methoxy groups -OCH3 is 1. The second-order valence-corrected chi connectivity index (χ2v) is 7.50. The van der Waals surface area contributed by atoms with Crippen LogP contribution in [0.2, 0.25) is 0 Å². The van der Waals surface area contributed by atoms with Crippen molar-refractivity contribution in [2.45, 2.75) is 18.9 Å². The van der Waals surface area contributed by atoms with Crippen LogP contribution in [0, 0.1) is 11.7 Å².